The van der Waals surface area contributed by atoms with Crippen LogP contribution in [-0.2, 0) is 0 Å². The Bertz CT molecular complexity index is 820. The minimum atomic E-state index is -0.444. The number of rotatable bonds is 5. The zero-order valence-corrected chi connectivity index (χ0v) is 13.2. The maximum absolute atomic E-state index is 11.3. The maximum Gasteiger partial charge on any atom is 0.248 e. The van der Waals surface area contributed by atoms with Gasteiger partial charge in [-0.2, -0.15) is 0 Å². The lowest BCUT2D eigenvalue weighted by atomic mass is 10.1. The predicted octanol–water partition coefficient (Wildman–Crippen LogP) is 2.62. The van der Waals surface area contributed by atoms with Crippen molar-refractivity contribution in [1.82, 2.24) is 14.6 Å². The van der Waals surface area contributed by atoms with Gasteiger partial charge in [0.15, 0.2) is 0 Å². The van der Waals surface area contributed by atoms with Gasteiger partial charge in [-0.1, -0.05) is 37.3 Å². The largest absolute Gasteiger partial charge is 0.366 e. The number of carbonyl (C=O) groups is 1. The molecule has 22 heavy (non-hydrogen) atoms. The number of benzene rings is 1. The van der Waals surface area contributed by atoms with Gasteiger partial charge in [-0.15, -0.1) is 5.10 Å². The molecular formula is C15H17N5OS. The average molecular weight is 315 g/mol. The predicted molar refractivity (Wildman–Crippen MR) is 88.1 cm³/mol. The lowest BCUT2D eigenvalue weighted by molar-refractivity contribution is 0.100. The Morgan fingerprint density at radius 2 is 2.27 bits per heavy atom. The fourth-order valence-corrected chi connectivity index (χ4v) is 2.87. The van der Waals surface area contributed by atoms with E-state index in [1.807, 2.05) is 6.07 Å². The fraction of sp³-hybridized carbons (Fsp3) is 0.267. The van der Waals surface area contributed by atoms with Gasteiger partial charge >= 0.3 is 0 Å². The van der Waals surface area contributed by atoms with Crippen molar-refractivity contribution in [1.29, 1.82) is 0 Å². The molecular weight excluding hydrogens is 298 g/mol. The van der Waals surface area contributed by atoms with Gasteiger partial charge in [-0.3, -0.25) is 4.79 Å². The zero-order chi connectivity index (χ0) is 15.7. The summed E-state index contributed by atoms with van der Waals surface area (Å²) < 4.78 is 1.79. The highest BCUT2D eigenvalue weighted by atomic mass is 32.1. The summed E-state index contributed by atoms with van der Waals surface area (Å²) in [6, 6.07) is 7.17. The van der Waals surface area contributed by atoms with Crippen molar-refractivity contribution >= 4 is 27.3 Å². The molecule has 0 saturated carbocycles. The van der Waals surface area contributed by atoms with E-state index in [0.717, 1.165) is 27.9 Å². The van der Waals surface area contributed by atoms with Crippen LogP contribution in [0, 0.1) is 5.92 Å². The first-order valence-electron chi connectivity index (χ1n) is 7.03. The van der Waals surface area contributed by atoms with Crippen molar-refractivity contribution in [3.63, 3.8) is 0 Å². The van der Waals surface area contributed by atoms with Crippen molar-refractivity contribution in [2.45, 2.75) is 13.8 Å². The van der Waals surface area contributed by atoms with Crippen molar-refractivity contribution in [3.8, 4) is 11.3 Å². The standard InChI is InChI=1S/C15H17N5OS/c1-9(2)7-17-14-19-20-12(8-18-15(20)22-14)10-4-3-5-11(6-10)13(16)21/h3-6,8-9H,7H2,1-2H3,(H2,16,21)(H,17,19). The Balaban J connectivity index is 1.97. The van der Waals surface area contributed by atoms with Crippen LogP contribution < -0.4 is 11.1 Å². The lowest BCUT2D eigenvalue weighted by Crippen LogP contribution is -2.10. The van der Waals surface area contributed by atoms with Crippen molar-refractivity contribution in [3.05, 3.63) is 36.0 Å². The number of nitrogens with two attached hydrogens (primary N) is 1. The van der Waals surface area contributed by atoms with Crippen molar-refractivity contribution in [2.24, 2.45) is 11.7 Å². The molecule has 1 amide bonds. The molecule has 2 aromatic heterocycles. The van der Waals surface area contributed by atoms with Gasteiger partial charge in [0.05, 0.1) is 11.9 Å². The number of hydrogen-bond acceptors (Lipinski definition) is 5. The van der Waals surface area contributed by atoms with Crippen LogP contribution in [0.3, 0.4) is 0 Å². The van der Waals surface area contributed by atoms with E-state index in [4.69, 9.17) is 5.73 Å². The Labute approximate surface area is 132 Å². The molecule has 114 valence electrons. The van der Waals surface area contributed by atoms with Crippen molar-refractivity contribution < 1.29 is 4.79 Å². The van der Waals surface area contributed by atoms with Crippen LogP contribution in [0.2, 0.25) is 0 Å². The van der Waals surface area contributed by atoms with Crippen LogP contribution in [0.5, 0.6) is 0 Å². The molecule has 0 fully saturated rings. The van der Waals surface area contributed by atoms with E-state index in [-0.39, 0.29) is 0 Å². The molecule has 3 rings (SSSR count). The molecule has 0 aliphatic carbocycles. The van der Waals surface area contributed by atoms with Gasteiger partial charge in [0.1, 0.15) is 0 Å². The summed E-state index contributed by atoms with van der Waals surface area (Å²) in [4.78, 5) is 16.5. The quantitative estimate of drug-likeness (QED) is 0.758. The van der Waals surface area contributed by atoms with Crippen molar-refractivity contribution in [2.75, 3.05) is 11.9 Å². The number of carbonyl (C=O) groups excluding carboxylic acids is 1. The molecule has 0 radical (unpaired) electrons. The Hall–Kier alpha value is -2.41. The maximum atomic E-state index is 11.3. The van der Waals surface area contributed by atoms with Gasteiger partial charge < -0.3 is 11.1 Å². The Morgan fingerprint density at radius 1 is 1.45 bits per heavy atom. The summed E-state index contributed by atoms with van der Waals surface area (Å²) in [6.07, 6.45) is 1.76. The highest BCUT2D eigenvalue weighted by Crippen LogP contribution is 2.26. The van der Waals surface area contributed by atoms with E-state index in [1.54, 1.807) is 28.9 Å². The molecule has 2 heterocycles. The van der Waals surface area contributed by atoms with E-state index in [1.165, 1.54) is 11.3 Å². The molecule has 3 N–H and O–H groups in total. The smallest absolute Gasteiger partial charge is 0.248 e. The molecule has 0 bridgehead atoms. The van der Waals surface area contributed by atoms with Crippen LogP contribution in [0.25, 0.3) is 16.2 Å². The second kappa shape index (κ2) is 5.76. The van der Waals surface area contributed by atoms with E-state index in [2.05, 4.69) is 29.2 Å². The van der Waals surface area contributed by atoms with Gasteiger partial charge in [0.2, 0.25) is 16.0 Å². The summed E-state index contributed by atoms with van der Waals surface area (Å²) in [7, 11) is 0. The summed E-state index contributed by atoms with van der Waals surface area (Å²) in [5, 5.41) is 8.68. The molecule has 0 spiro atoms. The van der Waals surface area contributed by atoms with Gasteiger partial charge in [-0.25, -0.2) is 9.50 Å². The van der Waals surface area contributed by atoms with Crippen LogP contribution in [0.4, 0.5) is 5.13 Å². The van der Waals surface area contributed by atoms with Crippen LogP contribution in [0.1, 0.15) is 24.2 Å². The third kappa shape index (κ3) is 2.80. The number of anilines is 1. The summed E-state index contributed by atoms with van der Waals surface area (Å²) in [6.45, 7) is 5.15. The third-order valence-electron chi connectivity index (χ3n) is 3.19. The molecule has 1 aromatic carbocycles. The average Bonchev–Trinajstić information content (AvgIpc) is 3.04. The minimum absolute atomic E-state index is 0.444. The number of aromatic nitrogens is 3. The number of hydrogen-bond donors (Lipinski definition) is 2. The van der Waals surface area contributed by atoms with E-state index >= 15 is 0 Å². The minimum Gasteiger partial charge on any atom is -0.366 e. The number of imidazole rings is 1. The second-order valence-electron chi connectivity index (χ2n) is 5.46. The molecule has 7 heteroatoms. The normalized spacial score (nSPS) is 11.2. The molecule has 0 atom stereocenters. The molecule has 0 saturated heterocycles. The first-order valence-corrected chi connectivity index (χ1v) is 7.85. The van der Waals surface area contributed by atoms with Crippen LogP contribution in [-0.4, -0.2) is 27.0 Å². The lowest BCUT2D eigenvalue weighted by Gasteiger charge is -2.04. The van der Waals surface area contributed by atoms with E-state index in [9.17, 15) is 4.79 Å². The first-order chi connectivity index (χ1) is 10.5. The SMILES string of the molecule is CC(C)CNc1nn2c(-c3cccc(C(N)=O)c3)cnc2s1. The van der Waals surface area contributed by atoms with Gasteiger partial charge in [-0.05, 0) is 18.1 Å². The summed E-state index contributed by atoms with van der Waals surface area (Å²) in [5.41, 5.74) is 7.51. The number of amides is 1. The van der Waals surface area contributed by atoms with Crippen LogP contribution in [0.15, 0.2) is 30.5 Å². The highest BCUT2D eigenvalue weighted by Gasteiger charge is 2.12. The van der Waals surface area contributed by atoms with E-state index < -0.39 is 5.91 Å². The fourth-order valence-electron chi connectivity index (χ4n) is 2.08. The number of nitrogens with zero attached hydrogens (tertiary/aromatic N) is 3. The Kier molecular flexibility index (Phi) is 3.81. The number of nitrogens with one attached hydrogen (secondary N) is 1. The topological polar surface area (TPSA) is 85.3 Å². The summed E-state index contributed by atoms with van der Waals surface area (Å²) in [5.74, 6) is 0.100. The third-order valence-corrected chi connectivity index (χ3v) is 4.07. The molecule has 0 aliphatic rings. The van der Waals surface area contributed by atoms with Gasteiger partial charge in [0.25, 0.3) is 0 Å². The monoisotopic (exact) mass is 315 g/mol. The molecule has 6 nitrogen and oxygen atoms in total. The second-order valence-corrected chi connectivity index (χ2v) is 6.42. The molecule has 3 aromatic rings. The molecule has 0 unspecified atom stereocenters. The zero-order valence-electron chi connectivity index (χ0n) is 12.4. The molecule has 0 aliphatic heterocycles. The number of primary amides is 1. The van der Waals surface area contributed by atoms with E-state index in [0.29, 0.717) is 11.5 Å². The first kappa shape index (κ1) is 14.5. The number of fused-ring (bicyclic) bond motifs is 1. The van der Waals surface area contributed by atoms with Crippen LogP contribution >= 0.6 is 11.3 Å². The highest BCUT2D eigenvalue weighted by molar-refractivity contribution is 7.20. The summed E-state index contributed by atoms with van der Waals surface area (Å²) >= 11 is 1.50. The Morgan fingerprint density at radius 3 is 3.00 bits per heavy atom. The van der Waals surface area contributed by atoms with Gasteiger partial charge in [0, 0.05) is 17.7 Å².